The van der Waals surface area contributed by atoms with Gasteiger partial charge in [0, 0.05) is 21.5 Å². The molecular formula is C20H16ClNO3S. The number of benzene rings is 2. The summed E-state index contributed by atoms with van der Waals surface area (Å²) in [5.41, 5.74) is 3.66. The number of carbonyl (C=O) groups excluding carboxylic acids is 2. The van der Waals surface area contributed by atoms with Gasteiger partial charge in [-0.25, -0.2) is 9.78 Å². The Balaban J connectivity index is 1.65. The Bertz CT molecular complexity index is 981. The van der Waals surface area contributed by atoms with Crippen molar-refractivity contribution in [2.24, 2.45) is 0 Å². The fraction of sp³-hybridized carbons (Fsp3) is 0.150. The number of aryl methyl sites for hydroxylation is 2. The van der Waals surface area contributed by atoms with Crippen molar-refractivity contribution in [3.63, 3.8) is 0 Å². The molecule has 0 aliphatic carbocycles. The lowest BCUT2D eigenvalue weighted by molar-refractivity contribution is 0.0470. The van der Waals surface area contributed by atoms with E-state index in [9.17, 15) is 9.59 Å². The van der Waals surface area contributed by atoms with Crippen molar-refractivity contribution in [1.82, 2.24) is 4.98 Å². The average molecular weight is 386 g/mol. The maximum absolute atomic E-state index is 12.2. The largest absolute Gasteiger partial charge is 0.453 e. The highest BCUT2D eigenvalue weighted by Crippen LogP contribution is 2.26. The van der Waals surface area contributed by atoms with Crippen LogP contribution in [0.25, 0.3) is 10.6 Å². The van der Waals surface area contributed by atoms with E-state index in [2.05, 4.69) is 4.98 Å². The first-order valence-corrected chi connectivity index (χ1v) is 9.19. The van der Waals surface area contributed by atoms with Gasteiger partial charge in [0.25, 0.3) is 0 Å². The quantitative estimate of drug-likeness (QED) is 0.451. The standard InChI is InChI=1S/C20H16ClNO3S/c1-12-6-7-14(8-13(12)2)18(23)10-25-20(24)17-11-26-19(22-17)15-4-3-5-16(21)9-15/h3-9,11H,10H2,1-2H3. The summed E-state index contributed by atoms with van der Waals surface area (Å²) in [6, 6.07) is 12.6. The molecule has 1 heterocycles. The number of carbonyl (C=O) groups is 2. The molecule has 0 atom stereocenters. The van der Waals surface area contributed by atoms with Gasteiger partial charge in [0.2, 0.25) is 0 Å². The van der Waals surface area contributed by atoms with E-state index in [1.165, 1.54) is 11.3 Å². The number of rotatable bonds is 5. The van der Waals surface area contributed by atoms with Gasteiger partial charge in [0.05, 0.1) is 0 Å². The second-order valence-corrected chi connectivity index (χ2v) is 7.14. The van der Waals surface area contributed by atoms with E-state index < -0.39 is 5.97 Å². The van der Waals surface area contributed by atoms with Crippen molar-refractivity contribution < 1.29 is 14.3 Å². The second-order valence-electron chi connectivity index (χ2n) is 5.85. The third kappa shape index (κ3) is 4.18. The average Bonchev–Trinajstić information content (AvgIpc) is 3.12. The van der Waals surface area contributed by atoms with Crippen LogP contribution in [-0.2, 0) is 4.74 Å². The van der Waals surface area contributed by atoms with Crippen LogP contribution in [0.1, 0.15) is 32.0 Å². The number of halogens is 1. The van der Waals surface area contributed by atoms with Crippen molar-refractivity contribution in [2.45, 2.75) is 13.8 Å². The lowest BCUT2D eigenvalue weighted by atomic mass is 10.0. The van der Waals surface area contributed by atoms with E-state index in [4.69, 9.17) is 16.3 Å². The lowest BCUT2D eigenvalue weighted by Crippen LogP contribution is -2.14. The topological polar surface area (TPSA) is 56.3 Å². The Morgan fingerprint density at radius 1 is 1.12 bits per heavy atom. The summed E-state index contributed by atoms with van der Waals surface area (Å²) in [6.45, 7) is 3.60. The summed E-state index contributed by atoms with van der Waals surface area (Å²) in [5, 5.41) is 2.87. The van der Waals surface area contributed by atoms with Crippen molar-refractivity contribution in [3.8, 4) is 10.6 Å². The molecule has 0 bridgehead atoms. The van der Waals surface area contributed by atoms with Crippen molar-refractivity contribution in [1.29, 1.82) is 0 Å². The molecule has 3 rings (SSSR count). The van der Waals surface area contributed by atoms with Gasteiger partial charge in [-0.05, 0) is 43.2 Å². The Morgan fingerprint density at radius 2 is 1.92 bits per heavy atom. The molecule has 0 aliphatic heterocycles. The summed E-state index contributed by atoms with van der Waals surface area (Å²) >= 11 is 7.29. The molecule has 26 heavy (non-hydrogen) atoms. The fourth-order valence-electron chi connectivity index (χ4n) is 2.32. The normalized spacial score (nSPS) is 10.6. The molecule has 0 saturated carbocycles. The van der Waals surface area contributed by atoms with Gasteiger partial charge in [-0.3, -0.25) is 4.79 Å². The summed E-state index contributed by atoms with van der Waals surface area (Å²) in [4.78, 5) is 28.6. The third-order valence-electron chi connectivity index (χ3n) is 3.95. The zero-order valence-corrected chi connectivity index (χ0v) is 15.9. The Kier molecular flexibility index (Phi) is 5.49. The van der Waals surface area contributed by atoms with E-state index in [1.54, 1.807) is 29.6 Å². The number of ether oxygens (including phenoxy) is 1. The summed E-state index contributed by atoms with van der Waals surface area (Å²) in [6.07, 6.45) is 0. The minimum absolute atomic E-state index is 0.179. The molecule has 0 fully saturated rings. The fourth-order valence-corrected chi connectivity index (χ4v) is 3.30. The molecule has 0 spiro atoms. The molecule has 0 amide bonds. The van der Waals surface area contributed by atoms with Crippen LogP contribution in [0.4, 0.5) is 0 Å². The van der Waals surface area contributed by atoms with E-state index >= 15 is 0 Å². The molecule has 0 radical (unpaired) electrons. The van der Waals surface area contributed by atoms with Gasteiger partial charge in [0.15, 0.2) is 18.1 Å². The van der Waals surface area contributed by atoms with Crippen LogP contribution < -0.4 is 0 Å². The SMILES string of the molecule is Cc1ccc(C(=O)COC(=O)c2csc(-c3cccc(Cl)c3)n2)cc1C. The van der Waals surface area contributed by atoms with Gasteiger partial charge < -0.3 is 4.74 Å². The zero-order chi connectivity index (χ0) is 18.7. The number of thiazole rings is 1. The van der Waals surface area contributed by atoms with Crippen LogP contribution >= 0.6 is 22.9 Å². The summed E-state index contributed by atoms with van der Waals surface area (Å²) < 4.78 is 5.12. The van der Waals surface area contributed by atoms with Crippen molar-refractivity contribution in [2.75, 3.05) is 6.61 Å². The van der Waals surface area contributed by atoms with E-state index in [1.807, 2.05) is 32.0 Å². The highest BCUT2D eigenvalue weighted by atomic mass is 35.5. The smallest absolute Gasteiger partial charge is 0.358 e. The van der Waals surface area contributed by atoms with Crippen LogP contribution in [0.5, 0.6) is 0 Å². The molecule has 0 N–H and O–H groups in total. The highest BCUT2D eigenvalue weighted by Gasteiger charge is 2.16. The van der Waals surface area contributed by atoms with Gasteiger partial charge >= 0.3 is 5.97 Å². The first-order valence-electron chi connectivity index (χ1n) is 7.93. The maximum Gasteiger partial charge on any atom is 0.358 e. The number of ketones is 1. The van der Waals surface area contributed by atoms with Crippen LogP contribution in [0.15, 0.2) is 47.8 Å². The van der Waals surface area contributed by atoms with Crippen LogP contribution in [-0.4, -0.2) is 23.3 Å². The Morgan fingerprint density at radius 3 is 2.65 bits per heavy atom. The Hall–Kier alpha value is -2.50. The molecule has 0 aliphatic rings. The van der Waals surface area contributed by atoms with Crippen LogP contribution in [0.3, 0.4) is 0 Å². The van der Waals surface area contributed by atoms with E-state index in [-0.39, 0.29) is 18.1 Å². The predicted molar refractivity (Wildman–Crippen MR) is 103 cm³/mol. The first kappa shape index (κ1) is 18.3. The van der Waals surface area contributed by atoms with E-state index in [0.717, 1.165) is 16.7 Å². The molecule has 2 aromatic carbocycles. The molecule has 3 aromatic rings. The van der Waals surface area contributed by atoms with Gasteiger partial charge in [-0.2, -0.15) is 0 Å². The number of hydrogen-bond donors (Lipinski definition) is 0. The van der Waals surface area contributed by atoms with Gasteiger partial charge in [-0.15, -0.1) is 11.3 Å². The van der Waals surface area contributed by atoms with E-state index in [0.29, 0.717) is 15.6 Å². The molecule has 1 aromatic heterocycles. The number of esters is 1. The predicted octanol–water partition coefficient (Wildman–Crippen LogP) is 5.12. The van der Waals surface area contributed by atoms with Crippen LogP contribution in [0, 0.1) is 13.8 Å². The summed E-state index contributed by atoms with van der Waals surface area (Å²) in [5.74, 6) is -0.863. The van der Waals surface area contributed by atoms with Gasteiger partial charge in [0.1, 0.15) is 5.01 Å². The zero-order valence-electron chi connectivity index (χ0n) is 14.3. The molecular weight excluding hydrogens is 370 g/mol. The van der Waals surface area contributed by atoms with Crippen LogP contribution in [0.2, 0.25) is 5.02 Å². The van der Waals surface area contributed by atoms with Crippen molar-refractivity contribution >= 4 is 34.7 Å². The monoisotopic (exact) mass is 385 g/mol. The highest BCUT2D eigenvalue weighted by molar-refractivity contribution is 7.13. The molecule has 0 saturated heterocycles. The second kappa shape index (κ2) is 7.81. The molecule has 4 nitrogen and oxygen atoms in total. The number of aromatic nitrogens is 1. The molecule has 132 valence electrons. The number of Topliss-reactive ketones (excluding diaryl/α,β-unsaturated/α-hetero) is 1. The minimum atomic E-state index is -0.619. The maximum atomic E-state index is 12.2. The minimum Gasteiger partial charge on any atom is -0.453 e. The third-order valence-corrected chi connectivity index (χ3v) is 5.07. The first-order chi connectivity index (χ1) is 12.4. The molecule has 0 unspecified atom stereocenters. The lowest BCUT2D eigenvalue weighted by Gasteiger charge is -2.05. The van der Waals surface area contributed by atoms with Crippen molar-refractivity contribution in [3.05, 3.63) is 75.3 Å². The summed E-state index contributed by atoms with van der Waals surface area (Å²) in [7, 11) is 0. The number of hydrogen-bond acceptors (Lipinski definition) is 5. The van der Waals surface area contributed by atoms with Gasteiger partial charge in [-0.1, -0.05) is 35.9 Å². The Labute approximate surface area is 160 Å². The molecule has 6 heteroatoms. The number of nitrogens with zero attached hydrogens (tertiary/aromatic N) is 1.